The van der Waals surface area contributed by atoms with Gasteiger partial charge in [0.1, 0.15) is 0 Å². The molecule has 0 amide bonds. The van der Waals surface area contributed by atoms with Gasteiger partial charge in [-0.2, -0.15) is 8.78 Å². The molecule has 0 fully saturated rings. The Morgan fingerprint density at radius 1 is 1.57 bits per heavy atom. The fourth-order valence-corrected chi connectivity index (χ4v) is 0.0668. The Kier molecular flexibility index (Phi) is 8.14. The van der Waals surface area contributed by atoms with Crippen LogP contribution in [-0.4, -0.2) is 0 Å². The summed E-state index contributed by atoms with van der Waals surface area (Å²) >= 11 is 0. The maximum absolute atomic E-state index is 10.7. The molecule has 0 aromatic heterocycles. The van der Waals surface area contributed by atoms with Crippen molar-refractivity contribution in [3.63, 3.8) is 0 Å². The van der Waals surface area contributed by atoms with Crippen LogP contribution in [0.15, 0.2) is 24.1 Å². The Morgan fingerprint density at radius 2 is 2.00 bits per heavy atom. The second-order valence-corrected chi connectivity index (χ2v) is 0.562. The molecule has 0 aromatic carbocycles. The molecule has 0 saturated heterocycles. The maximum atomic E-state index is 10.7. The average molecular weight is 96.0 g/mol. The van der Waals surface area contributed by atoms with Crippen LogP contribution in [0.2, 0.25) is 0 Å². The van der Waals surface area contributed by atoms with Crippen molar-refractivity contribution in [3.8, 4) is 0 Å². The second kappa shape index (κ2) is 5.76. The fraction of sp³-hybridized carbons (Fsp3) is 0. The van der Waals surface area contributed by atoms with Crippen molar-refractivity contribution in [2.24, 2.45) is 0 Å². The monoisotopic (exact) mass is 96.0 g/mol. The van der Waals surface area contributed by atoms with E-state index < -0.39 is 6.08 Å². The summed E-state index contributed by atoms with van der Waals surface area (Å²) in [7, 11) is 0. The van der Waals surface area contributed by atoms with Gasteiger partial charge in [0.15, 0.2) is 0 Å². The Hall–Kier alpha value is -0.243. The predicted octanol–water partition coefficient (Wildman–Crippen LogP) is -1.18. The standard InChI is InChI=1S/C4H2F2.Li.H/c1-2-3-4(5)6;;/h1H2;;/q;+1;-1. The van der Waals surface area contributed by atoms with Gasteiger partial charge < -0.3 is 1.43 Å². The van der Waals surface area contributed by atoms with Gasteiger partial charge in [0.2, 0.25) is 0 Å². The van der Waals surface area contributed by atoms with Crippen molar-refractivity contribution in [2.75, 3.05) is 0 Å². The summed E-state index contributed by atoms with van der Waals surface area (Å²) in [5.74, 6) is 0. The van der Waals surface area contributed by atoms with Gasteiger partial charge >= 0.3 is 24.9 Å². The summed E-state index contributed by atoms with van der Waals surface area (Å²) in [6, 6.07) is 0. The molecular weight excluding hydrogens is 93.0 g/mol. The fourth-order valence-electron chi connectivity index (χ4n) is 0.0668. The van der Waals surface area contributed by atoms with E-state index in [0.29, 0.717) is 0 Å². The van der Waals surface area contributed by atoms with E-state index in [4.69, 9.17) is 0 Å². The third-order valence-electron chi connectivity index (χ3n) is 0.183. The van der Waals surface area contributed by atoms with Crippen LogP contribution in [0.4, 0.5) is 8.78 Å². The van der Waals surface area contributed by atoms with Gasteiger partial charge in [-0.25, -0.2) is 0 Å². The number of hydrogen-bond acceptors (Lipinski definition) is 0. The van der Waals surface area contributed by atoms with Crippen LogP contribution in [0, 0.1) is 0 Å². The Labute approximate surface area is 53.9 Å². The van der Waals surface area contributed by atoms with E-state index in [1.165, 1.54) is 5.73 Å². The third kappa shape index (κ3) is 10.7. The molecule has 7 heavy (non-hydrogen) atoms. The quantitative estimate of drug-likeness (QED) is 0.263. The van der Waals surface area contributed by atoms with Crippen molar-refractivity contribution >= 4 is 0 Å². The molecule has 0 saturated carbocycles. The van der Waals surface area contributed by atoms with Crippen LogP contribution in [0.25, 0.3) is 0 Å². The summed E-state index contributed by atoms with van der Waals surface area (Å²) in [6.45, 7) is 2.86. The van der Waals surface area contributed by atoms with E-state index >= 15 is 0 Å². The maximum Gasteiger partial charge on any atom is 1.00 e. The van der Waals surface area contributed by atoms with Crippen molar-refractivity contribution in [1.29, 1.82) is 0 Å². The van der Waals surface area contributed by atoms with Gasteiger partial charge in [-0.05, 0) is 12.3 Å². The first-order chi connectivity index (χ1) is 2.77. The average Bonchev–Trinajstić information content (AvgIpc) is 1.35. The molecule has 0 aromatic rings. The zero-order valence-corrected chi connectivity index (χ0v) is 3.96. The summed E-state index contributed by atoms with van der Waals surface area (Å²) < 4.78 is 21.5. The molecule has 0 heterocycles. The van der Waals surface area contributed by atoms with Crippen molar-refractivity contribution in [2.45, 2.75) is 0 Å². The van der Waals surface area contributed by atoms with E-state index in [0.717, 1.165) is 0 Å². The van der Waals surface area contributed by atoms with Crippen LogP contribution >= 0.6 is 0 Å². The largest absolute Gasteiger partial charge is 1.00 e. The minimum Gasteiger partial charge on any atom is -1.00 e. The van der Waals surface area contributed by atoms with Crippen LogP contribution in [0.5, 0.6) is 0 Å². The van der Waals surface area contributed by atoms with Crippen LogP contribution < -0.4 is 18.9 Å². The normalized spacial score (nSPS) is 4.86. The molecule has 0 aliphatic rings. The predicted molar refractivity (Wildman–Crippen MR) is 19.5 cm³/mol. The molecule has 0 radical (unpaired) electrons. The van der Waals surface area contributed by atoms with Crippen LogP contribution in [0.1, 0.15) is 1.43 Å². The summed E-state index contributed by atoms with van der Waals surface area (Å²) in [4.78, 5) is 0. The minimum atomic E-state index is -1.88. The zero-order chi connectivity index (χ0) is 4.99. The Bertz CT molecular complexity index is 118. The van der Waals surface area contributed by atoms with E-state index in [1.807, 2.05) is 0 Å². The molecular formula is C4H3F2Li. The number of hydrogen-bond donors (Lipinski definition) is 0. The number of rotatable bonds is 0. The van der Waals surface area contributed by atoms with Crippen LogP contribution in [0.3, 0.4) is 0 Å². The van der Waals surface area contributed by atoms with E-state index in [2.05, 4.69) is 6.58 Å². The van der Waals surface area contributed by atoms with Gasteiger partial charge in [0.25, 0.3) is 0 Å². The molecule has 0 spiro atoms. The molecule has 0 rings (SSSR count). The summed E-state index contributed by atoms with van der Waals surface area (Å²) in [5, 5.41) is 0. The van der Waals surface area contributed by atoms with E-state index in [9.17, 15) is 8.78 Å². The first-order valence-corrected chi connectivity index (χ1v) is 1.23. The Morgan fingerprint density at radius 3 is 2.00 bits per heavy atom. The van der Waals surface area contributed by atoms with E-state index in [1.54, 1.807) is 5.73 Å². The van der Waals surface area contributed by atoms with Gasteiger partial charge in [0.05, 0.1) is 0 Å². The van der Waals surface area contributed by atoms with Crippen LogP contribution in [-0.2, 0) is 0 Å². The summed E-state index contributed by atoms with van der Waals surface area (Å²) in [6.07, 6.45) is -1.88. The molecule has 0 aliphatic carbocycles. The molecule has 0 aliphatic heterocycles. The molecule has 34 valence electrons. The van der Waals surface area contributed by atoms with Crippen molar-refractivity contribution < 1.29 is 29.1 Å². The topological polar surface area (TPSA) is 0 Å². The molecule has 3 heteroatoms. The van der Waals surface area contributed by atoms with E-state index in [-0.39, 0.29) is 20.3 Å². The molecule has 0 nitrogen and oxygen atoms in total. The third-order valence-corrected chi connectivity index (χ3v) is 0.183. The van der Waals surface area contributed by atoms with Gasteiger partial charge in [-0.15, -0.1) is 0 Å². The molecule has 0 bridgehead atoms. The van der Waals surface area contributed by atoms with Gasteiger partial charge in [0, 0.05) is 0 Å². The van der Waals surface area contributed by atoms with Gasteiger partial charge in [-0.1, -0.05) is 5.73 Å². The van der Waals surface area contributed by atoms with Crippen molar-refractivity contribution in [1.82, 2.24) is 0 Å². The Balaban J connectivity index is -0.000000125. The second-order valence-electron chi connectivity index (χ2n) is 0.562. The first-order valence-electron chi connectivity index (χ1n) is 1.23. The zero-order valence-electron chi connectivity index (χ0n) is 4.96. The molecule has 0 N–H and O–H groups in total. The minimum absolute atomic E-state index is 0. The molecule has 0 unspecified atom stereocenters. The van der Waals surface area contributed by atoms with Crippen molar-refractivity contribution in [3.05, 3.63) is 24.1 Å². The SMILES string of the molecule is C=C=C=C(F)F.[H-].[Li+]. The van der Waals surface area contributed by atoms with Gasteiger partial charge in [-0.3, -0.25) is 0 Å². The summed E-state index contributed by atoms with van der Waals surface area (Å²) in [5.41, 5.74) is 3.21. The molecule has 0 atom stereocenters. The first kappa shape index (κ1) is 9.90. The smallest absolute Gasteiger partial charge is 1.00 e. The number of halogens is 2.